The molecule has 0 fully saturated rings. The minimum Gasteiger partial charge on any atom is -0.493 e. The molecule has 0 aromatic heterocycles. The molecule has 0 bridgehead atoms. The van der Waals surface area contributed by atoms with Crippen LogP contribution in [0.3, 0.4) is 0 Å². The van der Waals surface area contributed by atoms with Crippen LogP contribution in [0.2, 0.25) is 0 Å². The Labute approximate surface area is 297 Å². The molecule has 0 radical (unpaired) electrons. The van der Waals surface area contributed by atoms with Crippen LogP contribution >= 0.6 is 0 Å². The fraction of sp³-hybridized carbons (Fsp3) is 0.475. The molecule has 0 saturated heterocycles. The Bertz CT molecular complexity index is 1410. The lowest BCUT2D eigenvalue weighted by Crippen LogP contribution is -2.36. The SMILES string of the molecule is C=CC(=O)CCC(C)(COC(=O)C=C)C(=O)OCCCCCCCCCCCOc1ccc(/C=C(\N)c2ccc(OC)c(OC)c2)cc1OC. The number of esters is 2. The number of carbonyl (C=O) groups excluding carboxylic acids is 3. The number of hydrogen-bond acceptors (Lipinski definition) is 10. The van der Waals surface area contributed by atoms with Crippen LogP contribution in [0.25, 0.3) is 11.8 Å². The van der Waals surface area contributed by atoms with E-state index in [0.717, 1.165) is 75.0 Å². The highest BCUT2D eigenvalue weighted by atomic mass is 16.6. The van der Waals surface area contributed by atoms with Gasteiger partial charge in [0.1, 0.15) is 6.61 Å². The molecule has 0 aliphatic carbocycles. The number of methoxy groups -OCH3 is 3. The summed E-state index contributed by atoms with van der Waals surface area (Å²) >= 11 is 0. The first-order valence-corrected chi connectivity index (χ1v) is 17.2. The molecule has 0 heterocycles. The summed E-state index contributed by atoms with van der Waals surface area (Å²) in [6.45, 7) is 9.19. The fourth-order valence-electron chi connectivity index (χ4n) is 5.16. The van der Waals surface area contributed by atoms with Gasteiger partial charge in [-0.25, -0.2) is 4.79 Å². The van der Waals surface area contributed by atoms with Crippen LogP contribution in [-0.4, -0.2) is 58.9 Å². The van der Waals surface area contributed by atoms with E-state index in [1.807, 2.05) is 42.5 Å². The van der Waals surface area contributed by atoms with Crippen molar-refractivity contribution in [1.82, 2.24) is 0 Å². The minimum absolute atomic E-state index is 0.120. The van der Waals surface area contributed by atoms with E-state index in [9.17, 15) is 14.4 Å². The molecule has 0 aliphatic heterocycles. The Hall–Kier alpha value is -4.73. The lowest BCUT2D eigenvalue weighted by molar-refractivity contribution is -0.162. The quantitative estimate of drug-likeness (QED) is 0.0449. The number of hydrogen-bond donors (Lipinski definition) is 1. The van der Waals surface area contributed by atoms with Crippen LogP contribution in [-0.2, 0) is 23.9 Å². The zero-order valence-electron chi connectivity index (χ0n) is 30.3. The number of allylic oxidation sites excluding steroid dienone is 1. The number of unbranched alkanes of at least 4 members (excludes halogenated alkanes) is 8. The summed E-state index contributed by atoms with van der Waals surface area (Å²) in [5, 5.41) is 0. The van der Waals surface area contributed by atoms with E-state index in [2.05, 4.69) is 13.2 Å². The molecule has 2 aromatic carbocycles. The first kappa shape index (κ1) is 41.4. The number of rotatable bonds is 26. The molecule has 50 heavy (non-hydrogen) atoms. The summed E-state index contributed by atoms with van der Waals surface area (Å²) in [5.41, 5.74) is 7.56. The van der Waals surface area contributed by atoms with E-state index in [1.54, 1.807) is 28.3 Å². The lowest BCUT2D eigenvalue weighted by atomic mass is 9.85. The highest BCUT2D eigenvalue weighted by Gasteiger charge is 2.36. The van der Waals surface area contributed by atoms with Crippen molar-refractivity contribution in [2.24, 2.45) is 11.1 Å². The standard InChI is InChI=1S/C40H55NO9/c1-7-32(42)22-23-40(3,29-50-38(43)8-2)39(44)49-25-17-15-13-11-9-10-12-14-16-24-48-35-20-18-30(27-36(35)46-5)26-33(41)31-19-21-34(45-4)37(28-31)47-6/h7-8,18-21,26-28H,1-2,9-17,22-25,29,41H2,3-6H3/b33-26-. The third-order valence-corrected chi connectivity index (χ3v) is 8.35. The molecule has 274 valence electrons. The molecule has 10 nitrogen and oxygen atoms in total. The highest BCUT2D eigenvalue weighted by Crippen LogP contribution is 2.32. The molecular formula is C40H55NO9. The third-order valence-electron chi connectivity index (χ3n) is 8.35. The first-order valence-electron chi connectivity index (χ1n) is 17.2. The molecule has 2 aromatic rings. The van der Waals surface area contributed by atoms with Crippen LogP contribution in [0.5, 0.6) is 23.0 Å². The molecule has 1 atom stereocenters. The van der Waals surface area contributed by atoms with Crippen LogP contribution in [0, 0.1) is 5.41 Å². The Balaban J connectivity index is 1.63. The first-order chi connectivity index (χ1) is 24.1. The van der Waals surface area contributed by atoms with Gasteiger partial charge in [-0.05, 0) is 74.2 Å². The topological polar surface area (TPSA) is 133 Å². The van der Waals surface area contributed by atoms with E-state index in [1.165, 1.54) is 6.08 Å². The molecule has 2 rings (SSSR count). The van der Waals surface area contributed by atoms with Gasteiger partial charge in [-0.15, -0.1) is 0 Å². The van der Waals surface area contributed by atoms with E-state index >= 15 is 0 Å². The maximum Gasteiger partial charge on any atom is 0.330 e. The average molecular weight is 694 g/mol. The number of nitrogens with two attached hydrogens (primary N) is 1. The van der Waals surface area contributed by atoms with E-state index in [0.29, 0.717) is 35.3 Å². The van der Waals surface area contributed by atoms with Gasteiger partial charge in [0.15, 0.2) is 28.8 Å². The predicted octanol–water partition coefficient (Wildman–Crippen LogP) is 7.87. The van der Waals surface area contributed by atoms with Crippen molar-refractivity contribution in [2.75, 3.05) is 41.2 Å². The van der Waals surface area contributed by atoms with E-state index < -0.39 is 17.4 Å². The van der Waals surface area contributed by atoms with Gasteiger partial charge in [0, 0.05) is 23.8 Å². The van der Waals surface area contributed by atoms with Crippen LogP contribution in [0.15, 0.2) is 61.7 Å². The zero-order chi connectivity index (χ0) is 36.8. The predicted molar refractivity (Wildman–Crippen MR) is 196 cm³/mol. The molecule has 1 unspecified atom stereocenters. The average Bonchev–Trinajstić information content (AvgIpc) is 3.14. The fourth-order valence-corrected chi connectivity index (χ4v) is 5.16. The number of ketones is 1. The second-order valence-electron chi connectivity index (χ2n) is 12.3. The molecule has 0 amide bonds. The minimum atomic E-state index is -1.11. The van der Waals surface area contributed by atoms with Gasteiger partial charge >= 0.3 is 11.9 Å². The van der Waals surface area contributed by atoms with Gasteiger partial charge < -0.3 is 34.2 Å². The molecular weight excluding hydrogens is 638 g/mol. The molecule has 0 spiro atoms. The van der Waals surface area contributed by atoms with Crippen molar-refractivity contribution in [1.29, 1.82) is 0 Å². The maximum atomic E-state index is 12.8. The molecule has 2 N–H and O–H groups in total. The Morgan fingerprint density at radius 2 is 1.30 bits per heavy atom. The zero-order valence-corrected chi connectivity index (χ0v) is 30.3. The van der Waals surface area contributed by atoms with Gasteiger partial charge in [-0.3, -0.25) is 9.59 Å². The van der Waals surface area contributed by atoms with Crippen molar-refractivity contribution in [3.63, 3.8) is 0 Å². The second-order valence-corrected chi connectivity index (χ2v) is 12.3. The van der Waals surface area contributed by atoms with Gasteiger partial charge in [-0.2, -0.15) is 0 Å². The van der Waals surface area contributed by atoms with Gasteiger partial charge in [-0.1, -0.05) is 64.2 Å². The molecule has 0 saturated carbocycles. The Morgan fingerprint density at radius 1 is 0.720 bits per heavy atom. The van der Waals surface area contributed by atoms with E-state index in [-0.39, 0.29) is 31.8 Å². The second kappa shape index (κ2) is 22.8. The Morgan fingerprint density at radius 3 is 1.90 bits per heavy atom. The van der Waals surface area contributed by atoms with Crippen molar-refractivity contribution < 1.29 is 42.8 Å². The maximum absolute atomic E-state index is 12.8. The summed E-state index contributed by atoms with van der Waals surface area (Å²) in [4.78, 5) is 36.0. The number of benzene rings is 2. The van der Waals surface area contributed by atoms with E-state index in [4.69, 9.17) is 34.2 Å². The number of ether oxygens (including phenoxy) is 6. The summed E-state index contributed by atoms with van der Waals surface area (Å²) in [7, 11) is 4.81. The summed E-state index contributed by atoms with van der Waals surface area (Å²) in [5.74, 6) is 1.32. The van der Waals surface area contributed by atoms with Crippen molar-refractivity contribution in [2.45, 2.75) is 77.6 Å². The summed E-state index contributed by atoms with van der Waals surface area (Å²) in [6.07, 6.45) is 13.8. The van der Waals surface area contributed by atoms with Crippen LogP contribution < -0.4 is 24.7 Å². The largest absolute Gasteiger partial charge is 0.493 e. The van der Waals surface area contributed by atoms with Crippen LogP contribution in [0.1, 0.15) is 88.7 Å². The summed E-state index contributed by atoms with van der Waals surface area (Å²) < 4.78 is 32.9. The van der Waals surface area contributed by atoms with Gasteiger partial charge in [0.25, 0.3) is 0 Å². The van der Waals surface area contributed by atoms with Crippen molar-refractivity contribution in [3.8, 4) is 23.0 Å². The van der Waals surface area contributed by atoms with Crippen molar-refractivity contribution in [3.05, 3.63) is 72.8 Å². The Kier molecular flexibility index (Phi) is 18.9. The monoisotopic (exact) mass is 693 g/mol. The van der Waals surface area contributed by atoms with Gasteiger partial charge in [0.2, 0.25) is 0 Å². The smallest absolute Gasteiger partial charge is 0.330 e. The molecule has 0 aliphatic rings. The summed E-state index contributed by atoms with van der Waals surface area (Å²) in [6, 6.07) is 11.3. The third kappa shape index (κ3) is 14.4. The highest BCUT2D eigenvalue weighted by molar-refractivity contribution is 5.89. The van der Waals surface area contributed by atoms with Gasteiger partial charge in [0.05, 0.1) is 40.0 Å². The molecule has 10 heteroatoms. The lowest BCUT2D eigenvalue weighted by Gasteiger charge is -2.26. The van der Waals surface area contributed by atoms with Crippen LogP contribution in [0.4, 0.5) is 0 Å². The number of carbonyl (C=O) groups is 3. The van der Waals surface area contributed by atoms with Crippen molar-refractivity contribution >= 4 is 29.5 Å². The normalized spacial score (nSPS) is 12.3.